The van der Waals surface area contributed by atoms with E-state index < -0.39 is 0 Å². The summed E-state index contributed by atoms with van der Waals surface area (Å²) in [6.45, 7) is 5.42. The Labute approximate surface area is 147 Å². The maximum absolute atomic E-state index is 6.14. The second kappa shape index (κ2) is 7.41. The van der Waals surface area contributed by atoms with Crippen LogP contribution in [0.25, 0.3) is 0 Å². The normalized spacial score (nSPS) is 10.6. The van der Waals surface area contributed by atoms with Crippen molar-refractivity contribution in [1.29, 1.82) is 0 Å². The molecule has 0 N–H and O–H groups in total. The largest absolute Gasteiger partial charge is 0.348 e. The Kier molecular flexibility index (Phi) is 5.06. The van der Waals surface area contributed by atoms with Crippen molar-refractivity contribution in [3.63, 3.8) is 0 Å². The molecule has 0 spiro atoms. The molecule has 2 aromatic heterocycles. The predicted molar refractivity (Wildman–Crippen MR) is 97.1 cm³/mol. The minimum atomic E-state index is 0.457. The number of halogens is 1. The highest BCUT2D eigenvalue weighted by Crippen LogP contribution is 2.22. The van der Waals surface area contributed by atoms with Gasteiger partial charge in [0.15, 0.2) is 0 Å². The molecule has 5 heteroatoms. The van der Waals surface area contributed by atoms with Crippen molar-refractivity contribution in [3.05, 3.63) is 82.5 Å². The third-order valence-corrected chi connectivity index (χ3v) is 4.03. The summed E-state index contributed by atoms with van der Waals surface area (Å²) >= 11 is 6.14. The Balaban J connectivity index is 1.95. The van der Waals surface area contributed by atoms with E-state index in [0.717, 1.165) is 17.9 Å². The van der Waals surface area contributed by atoms with Crippen LogP contribution in [0.3, 0.4) is 0 Å². The molecule has 0 bridgehead atoms. The predicted octanol–water partition coefficient (Wildman–Crippen LogP) is 4.35. The molecule has 0 aliphatic heterocycles. The summed E-state index contributed by atoms with van der Waals surface area (Å²) in [4.78, 5) is 15.1. The molecule has 0 saturated heterocycles. The van der Waals surface area contributed by atoms with Crippen molar-refractivity contribution in [3.8, 4) is 0 Å². The second-order valence-electron chi connectivity index (χ2n) is 5.74. The van der Waals surface area contributed by atoms with Gasteiger partial charge in [-0.15, -0.1) is 0 Å². The third kappa shape index (κ3) is 4.09. The Morgan fingerprint density at radius 3 is 2.54 bits per heavy atom. The summed E-state index contributed by atoms with van der Waals surface area (Å²) in [5, 5.41) is 0.457. The number of nitrogens with zero attached hydrogens (tertiary/aromatic N) is 4. The number of hydrogen-bond acceptors (Lipinski definition) is 4. The molecule has 4 nitrogen and oxygen atoms in total. The highest BCUT2D eigenvalue weighted by Gasteiger charge is 2.13. The van der Waals surface area contributed by atoms with Gasteiger partial charge >= 0.3 is 0 Å². The van der Waals surface area contributed by atoms with Gasteiger partial charge in [0, 0.05) is 31.5 Å². The van der Waals surface area contributed by atoms with Crippen molar-refractivity contribution in [2.45, 2.75) is 26.9 Å². The molecule has 0 aliphatic rings. The first-order valence-corrected chi connectivity index (χ1v) is 8.19. The first kappa shape index (κ1) is 16.4. The number of pyridine rings is 1. The van der Waals surface area contributed by atoms with Gasteiger partial charge in [0.1, 0.15) is 16.8 Å². The van der Waals surface area contributed by atoms with Crippen molar-refractivity contribution in [2.24, 2.45) is 0 Å². The summed E-state index contributed by atoms with van der Waals surface area (Å²) in [6.07, 6.45) is 3.65. The quantitative estimate of drug-likeness (QED) is 0.649. The van der Waals surface area contributed by atoms with Gasteiger partial charge in [0.05, 0.1) is 0 Å². The number of hydrogen-bond donors (Lipinski definition) is 0. The van der Waals surface area contributed by atoms with Gasteiger partial charge in [-0.3, -0.25) is 4.98 Å². The average Bonchev–Trinajstić information content (AvgIpc) is 2.56. The summed E-state index contributed by atoms with van der Waals surface area (Å²) < 4.78 is 0. The van der Waals surface area contributed by atoms with E-state index >= 15 is 0 Å². The molecule has 0 atom stereocenters. The zero-order valence-electron chi connectivity index (χ0n) is 13.8. The van der Waals surface area contributed by atoms with Gasteiger partial charge in [0.25, 0.3) is 0 Å². The van der Waals surface area contributed by atoms with Crippen LogP contribution in [0.5, 0.6) is 0 Å². The number of aromatic nitrogens is 3. The summed E-state index contributed by atoms with van der Waals surface area (Å²) in [5.41, 5.74) is 3.64. The molecular formula is C19H19ClN4. The lowest BCUT2D eigenvalue weighted by atomic mass is 10.1. The van der Waals surface area contributed by atoms with Gasteiger partial charge < -0.3 is 4.90 Å². The topological polar surface area (TPSA) is 41.9 Å². The minimum Gasteiger partial charge on any atom is -0.348 e. The van der Waals surface area contributed by atoms with Crippen molar-refractivity contribution in [1.82, 2.24) is 15.0 Å². The van der Waals surface area contributed by atoms with E-state index in [1.54, 1.807) is 6.20 Å². The van der Waals surface area contributed by atoms with Crippen LogP contribution in [-0.4, -0.2) is 15.0 Å². The molecule has 0 aliphatic carbocycles. The Bertz CT molecular complexity index is 800. The molecule has 0 amide bonds. The number of rotatable bonds is 5. The van der Waals surface area contributed by atoms with E-state index in [0.29, 0.717) is 17.5 Å². The number of anilines is 1. The highest BCUT2D eigenvalue weighted by atomic mass is 35.5. The van der Waals surface area contributed by atoms with Crippen LogP contribution in [0.4, 0.5) is 5.82 Å². The molecule has 2 heterocycles. The first-order chi connectivity index (χ1) is 11.6. The summed E-state index contributed by atoms with van der Waals surface area (Å²) in [6, 6.07) is 14.2. The zero-order chi connectivity index (χ0) is 16.9. The lowest BCUT2D eigenvalue weighted by Gasteiger charge is -2.25. The molecular weight excluding hydrogens is 320 g/mol. The van der Waals surface area contributed by atoms with E-state index in [4.69, 9.17) is 11.6 Å². The van der Waals surface area contributed by atoms with Crippen LogP contribution >= 0.6 is 11.6 Å². The number of benzene rings is 1. The lowest BCUT2D eigenvalue weighted by Crippen LogP contribution is -2.24. The molecule has 0 unspecified atom stereocenters. The molecule has 3 rings (SSSR count). The Morgan fingerprint density at radius 2 is 1.83 bits per heavy atom. The highest BCUT2D eigenvalue weighted by molar-refractivity contribution is 6.29. The van der Waals surface area contributed by atoms with Crippen LogP contribution < -0.4 is 4.90 Å². The fraction of sp³-hybridized carbons (Fsp3) is 0.211. The fourth-order valence-corrected chi connectivity index (χ4v) is 2.82. The minimum absolute atomic E-state index is 0.457. The summed E-state index contributed by atoms with van der Waals surface area (Å²) in [5.74, 6) is 1.48. The van der Waals surface area contributed by atoms with Crippen molar-refractivity contribution in [2.75, 3.05) is 4.90 Å². The van der Waals surface area contributed by atoms with E-state index in [1.165, 1.54) is 11.1 Å². The molecule has 0 radical (unpaired) electrons. The summed E-state index contributed by atoms with van der Waals surface area (Å²) in [7, 11) is 0. The molecule has 0 fully saturated rings. The van der Waals surface area contributed by atoms with Crippen molar-refractivity contribution >= 4 is 17.4 Å². The van der Waals surface area contributed by atoms with Gasteiger partial charge in [-0.25, -0.2) is 9.97 Å². The van der Waals surface area contributed by atoms with E-state index in [2.05, 4.69) is 57.1 Å². The lowest BCUT2D eigenvalue weighted by molar-refractivity contribution is 0.770. The van der Waals surface area contributed by atoms with Crippen LogP contribution in [-0.2, 0) is 13.1 Å². The maximum Gasteiger partial charge on any atom is 0.134 e. The van der Waals surface area contributed by atoms with Crippen molar-refractivity contribution < 1.29 is 0 Å². The van der Waals surface area contributed by atoms with E-state index in [1.807, 2.05) is 25.3 Å². The Hall–Kier alpha value is -2.46. The van der Waals surface area contributed by atoms with E-state index in [9.17, 15) is 0 Å². The monoisotopic (exact) mass is 338 g/mol. The standard InChI is InChI=1S/C19H19ClN4/c1-14-6-3-4-8-17(14)13-24(12-16-7-5-9-21-11-16)19-10-18(20)22-15(2)23-19/h3-11H,12-13H2,1-2H3. The maximum atomic E-state index is 6.14. The van der Waals surface area contributed by atoms with Crippen LogP contribution in [0.2, 0.25) is 5.15 Å². The first-order valence-electron chi connectivity index (χ1n) is 7.81. The average molecular weight is 339 g/mol. The zero-order valence-corrected chi connectivity index (χ0v) is 14.5. The molecule has 122 valence electrons. The SMILES string of the molecule is Cc1nc(Cl)cc(N(Cc2cccnc2)Cc2ccccc2C)n1. The fourth-order valence-electron chi connectivity index (χ4n) is 2.60. The molecule has 24 heavy (non-hydrogen) atoms. The van der Waals surface area contributed by atoms with Crippen LogP contribution in [0, 0.1) is 13.8 Å². The molecule has 3 aromatic rings. The Morgan fingerprint density at radius 1 is 1.00 bits per heavy atom. The van der Waals surface area contributed by atoms with Crippen LogP contribution in [0.15, 0.2) is 54.9 Å². The van der Waals surface area contributed by atoms with Crippen LogP contribution in [0.1, 0.15) is 22.5 Å². The number of aryl methyl sites for hydroxylation is 2. The van der Waals surface area contributed by atoms with Gasteiger partial charge in [-0.2, -0.15) is 0 Å². The smallest absolute Gasteiger partial charge is 0.134 e. The third-order valence-electron chi connectivity index (χ3n) is 3.84. The second-order valence-corrected chi connectivity index (χ2v) is 6.13. The van der Waals surface area contributed by atoms with E-state index in [-0.39, 0.29) is 0 Å². The van der Waals surface area contributed by atoms with Gasteiger partial charge in [0.2, 0.25) is 0 Å². The molecule has 1 aromatic carbocycles. The van der Waals surface area contributed by atoms with Gasteiger partial charge in [-0.05, 0) is 36.6 Å². The van der Waals surface area contributed by atoms with Gasteiger partial charge in [-0.1, -0.05) is 41.9 Å². The molecule has 0 saturated carbocycles.